The number of hydrogen-bond acceptors (Lipinski definition) is 2. The van der Waals surface area contributed by atoms with Crippen molar-refractivity contribution in [1.82, 2.24) is 4.90 Å². The summed E-state index contributed by atoms with van der Waals surface area (Å²) in [7, 11) is 0. The minimum atomic E-state index is -0.967. The molecule has 2 fully saturated rings. The van der Waals surface area contributed by atoms with Crippen molar-refractivity contribution in [2.75, 3.05) is 24.5 Å². The number of rotatable bonds is 1. The van der Waals surface area contributed by atoms with E-state index in [1.165, 1.54) is 17.0 Å². The number of carboxylic acid groups (broad SMARTS) is 1. The van der Waals surface area contributed by atoms with Crippen LogP contribution >= 0.6 is 0 Å². The van der Waals surface area contributed by atoms with Crippen molar-refractivity contribution >= 4 is 17.7 Å². The fourth-order valence-electron chi connectivity index (χ4n) is 3.61. The van der Waals surface area contributed by atoms with Gasteiger partial charge in [0.25, 0.3) is 0 Å². The van der Waals surface area contributed by atoms with Crippen LogP contribution in [0.2, 0.25) is 0 Å². The van der Waals surface area contributed by atoms with Gasteiger partial charge >= 0.3 is 6.09 Å². The molecular weight excluding hydrogens is 287 g/mol. The van der Waals surface area contributed by atoms with Crippen molar-refractivity contribution in [1.29, 1.82) is 0 Å². The molecule has 22 heavy (non-hydrogen) atoms. The SMILES string of the molecule is O=C(O)N1CCCC2(CCCN(c3ccc(F)cc3)C2=O)C1. The third-order valence-electron chi connectivity index (χ3n) is 4.72. The number of benzene rings is 1. The number of piperidine rings is 2. The second-order valence-corrected chi connectivity index (χ2v) is 6.12. The molecular formula is C16H19FN2O3. The maximum Gasteiger partial charge on any atom is 0.407 e. The summed E-state index contributed by atoms with van der Waals surface area (Å²) in [4.78, 5) is 27.2. The van der Waals surface area contributed by atoms with E-state index in [4.69, 9.17) is 0 Å². The lowest BCUT2D eigenvalue weighted by Gasteiger charge is -2.46. The smallest absolute Gasteiger partial charge is 0.407 e. The van der Waals surface area contributed by atoms with E-state index in [0.29, 0.717) is 38.0 Å². The van der Waals surface area contributed by atoms with Crippen LogP contribution in [0.3, 0.4) is 0 Å². The standard InChI is InChI=1S/C16H19FN2O3/c17-12-3-5-13(6-4-12)19-10-2-8-16(14(19)20)7-1-9-18(11-16)15(21)22/h3-6H,1-2,7-11H2,(H,21,22). The molecule has 1 spiro atoms. The lowest BCUT2D eigenvalue weighted by atomic mass is 9.73. The summed E-state index contributed by atoms with van der Waals surface area (Å²) < 4.78 is 13.1. The van der Waals surface area contributed by atoms with E-state index in [1.807, 2.05) is 0 Å². The van der Waals surface area contributed by atoms with E-state index < -0.39 is 11.5 Å². The van der Waals surface area contributed by atoms with E-state index in [-0.39, 0.29) is 18.3 Å². The molecule has 2 aliphatic heterocycles. The van der Waals surface area contributed by atoms with Crippen molar-refractivity contribution in [3.8, 4) is 0 Å². The lowest BCUT2D eigenvalue weighted by Crippen LogP contribution is -2.57. The number of carbonyl (C=O) groups is 2. The van der Waals surface area contributed by atoms with E-state index in [2.05, 4.69) is 0 Å². The number of anilines is 1. The predicted molar refractivity (Wildman–Crippen MR) is 79.3 cm³/mol. The molecule has 2 heterocycles. The highest BCUT2D eigenvalue weighted by Gasteiger charge is 2.47. The third kappa shape index (κ3) is 2.53. The Hall–Kier alpha value is -2.11. The summed E-state index contributed by atoms with van der Waals surface area (Å²) in [5.74, 6) is -0.367. The Labute approximate surface area is 128 Å². The predicted octanol–water partition coefficient (Wildman–Crippen LogP) is 2.71. The van der Waals surface area contributed by atoms with Gasteiger partial charge in [-0.3, -0.25) is 4.79 Å². The van der Waals surface area contributed by atoms with Crippen LogP contribution in [0.25, 0.3) is 0 Å². The molecule has 118 valence electrons. The number of nitrogens with zero attached hydrogens (tertiary/aromatic N) is 2. The fraction of sp³-hybridized carbons (Fsp3) is 0.500. The zero-order valence-corrected chi connectivity index (χ0v) is 12.3. The van der Waals surface area contributed by atoms with Gasteiger partial charge in [-0.1, -0.05) is 0 Å². The topological polar surface area (TPSA) is 60.9 Å². The first-order valence-corrected chi connectivity index (χ1v) is 7.57. The molecule has 1 aromatic rings. The summed E-state index contributed by atoms with van der Waals surface area (Å²) >= 11 is 0. The molecule has 2 amide bonds. The van der Waals surface area contributed by atoms with E-state index >= 15 is 0 Å². The first-order chi connectivity index (χ1) is 10.5. The minimum Gasteiger partial charge on any atom is -0.465 e. The van der Waals surface area contributed by atoms with E-state index in [9.17, 15) is 19.1 Å². The van der Waals surface area contributed by atoms with Gasteiger partial charge in [0.05, 0.1) is 5.41 Å². The Morgan fingerprint density at radius 3 is 2.41 bits per heavy atom. The van der Waals surface area contributed by atoms with Crippen LogP contribution in [0.5, 0.6) is 0 Å². The lowest BCUT2D eigenvalue weighted by molar-refractivity contribution is -0.133. The van der Waals surface area contributed by atoms with Crippen LogP contribution in [-0.2, 0) is 4.79 Å². The molecule has 0 saturated carbocycles. The first kappa shape index (κ1) is 14.8. The van der Waals surface area contributed by atoms with Crippen molar-refractivity contribution in [2.45, 2.75) is 25.7 Å². The molecule has 0 bridgehead atoms. The van der Waals surface area contributed by atoms with Crippen LogP contribution in [0.1, 0.15) is 25.7 Å². The molecule has 0 aliphatic carbocycles. The number of likely N-dealkylation sites (tertiary alicyclic amines) is 1. The highest BCUT2D eigenvalue weighted by Crippen LogP contribution is 2.41. The zero-order valence-electron chi connectivity index (χ0n) is 12.3. The Kier molecular flexibility index (Phi) is 3.76. The summed E-state index contributed by atoms with van der Waals surface area (Å²) in [6.45, 7) is 1.35. The quantitative estimate of drug-likeness (QED) is 0.868. The molecule has 1 unspecified atom stereocenters. The highest BCUT2D eigenvalue weighted by molar-refractivity contribution is 5.98. The average molecular weight is 306 g/mol. The minimum absolute atomic E-state index is 0.0312. The fourth-order valence-corrected chi connectivity index (χ4v) is 3.61. The van der Waals surface area contributed by atoms with Gasteiger partial charge in [-0.25, -0.2) is 9.18 Å². The van der Waals surface area contributed by atoms with Gasteiger partial charge in [0.15, 0.2) is 0 Å². The Morgan fingerprint density at radius 1 is 1.14 bits per heavy atom. The monoisotopic (exact) mass is 306 g/mol. The molecule has 6 heteroatoms. The molecule has 1 atom stereocenters. The summed E-state index contributed by atoms with van der Waals surface area (Å²) in [6, 6.07) is 5.89. The molecule has 0 radical (unpaired) electrons. The summed E-state index contributed by atoms with van der Waals surface area (Å²) in [5, 5.41) is 9.21. The zero-order chi connectivity index (χ0) is 15.7. The maximum absolute atomic E-state index is 13.1. The van der Waals surface area contributed by atoms with Crippen LogP contribution < -0.4 is 4.90 Å². The van der Waals surface area contributed by atoms with Crippen LogP contribution in [-0.4, -0.2) is 41.6 Å². The van der Waals surface area contributed by atoms with E-state index in [1.54, 1.807) is 17.0 Å². The largest absolute Gasteiger partial charge is 0.465 e. The Morgan fingerprint density at radius 2 is 1.77 bits per heavy atom. The molecule has 3 rings (SSSR count). The van der Waals surface area contributed by atoms with Gasteiger partial charge in [-0.2, -0.15) is 0 Å². The molecule has 1 N–H and O–H groups in total. The number of carbonyl (C=O) groups excluding carboxylic acids is 1. The average Bonchev–Trinajstić information content (AvgIpc) is 2.51. The molecule has 1 aromatic carbocycles. The maximum atomic E-state index is 13.1. The highest BCUT2D eigenvalue weighted by atomic mass is 19.1. The van der Waals surface area contributed by atoms with Gasteiger partial charge in [0.1, 0.15) is 5.82 Å². The van der Waals surface area contributed by atoms with Gasteiger partial charge in [-0.15, -0.1) is 0 Å². The van der Waals surface area contributed by atoms with E-state index in [0.717, 1.165) is 6.42 Å². The van der Waals surface area contributed by atoms with Gasteiger partial charge in [0, 0.05) is 25.3 Å². The molecule has 5 nitrogen and oxygen atoms in total. The first-order valence-electron chi connectivity index (χ1n) is 7.57. The Bertz CT molecular complexity index is 586. The number of halogens is 1. The Balaban J connectivity index is 1.86. The van der Waals surface area contributed by atoms with Gasteiger partial charge < -0.3 is 14.9 Å². The van der Waals surface area contributed by atoms with Crippen LogP contribution in [0.4, 0.5) is 14.9 Å². The molecule has 2 aliphatic rings. The summed E-state index contributed by atoms with van der Waals surface area (Å²) in [6.07, 6.45) is 2.00. The van der Waals surface area contributed by atoms with Crippen molar-refractivity contribution in [3.05, 3.63) is 30.1 Å². The van der Waals surface area contributed by atoms with Crippen molar-refractivity contribution in [3.63, 3.8) is 0 Å². The van der Waals surface area contributed by atoms with Crippen molar-refractivity contribution in [2.24, 2.45) is 5.41 Å². The number of hydrogen-bond donors (Lipinski definition) is 1. The second kappa shape index (κ2) is 5.59. The van der Waals surface area contributed by atoms with Crippen LogP contribution in [0.15, 0.2) is 24.3 Å². The third-order valence-corrected chi connectivity index (χ3v) is 4.72. The molecule has 0 aromatic heterocycles. The number of amides is 2. The summed E-state index contributed by atoms with van der Waals surface area (Å²) in [5.41, 5.74) is 0.0569. The molecule has 2 saturated heterocycles. The second-order valence-electron chi connectivity index (χ2n) is 6.12. The van der Waals surface area contributed by atoms with Gasteiger partial charge in [0.2, 0.25) is 5.91 Å². The van der Waals surface area contributed by atoms with Crippen LogP contribution in [0, 0.1) is 11.2 Å². The van der Waals surface area contributed by atoms with Crippen molar-refractivity contribution < 1.29 is 19.1 Å². The normalized spacial score (nSPS) is 25.6. The van der Waals surface area contributed by atoms with Gasteiger partial charge in [-0.05, 0) is 49.9 Å².